The maximum atomic E-state index is 5.85. The van der Waals surface area contributed by atoms with Gasteiger partial charge in [-0.1, -0.05) is 48.9 Å². The van der Waals surface area contributed by atoms with Gasteiger partial charge in [-0.15, -0.1) is 0 Å². The maximum Gasteiger partial charge on any atom is 0.0407 e. The number of hydrogen-bond donors (Lipinski definition) is 1. The summed E-state index contributed by atoms with van der Waals surface area (Å²) in [6.07, 6.45) is 1.12. The van der Waals surface area contributed by atoms with Crippen LogP contribution in [0.3, 0.4) is 0 Å². The molecule has 0 aliphatic heterocycles. The van der Waals surface area contributed by atoms with E-state index >= 15 is 0 Å². The van der Waals surface area contributed by atoms with Crippen molar-refractivity contribution in [2.75, 3.05) is 11.9 Å². The number of halogens is 1. The summed E-state index contributed by atoms with van der Waals surface area (Å²) >= 11 is 5.85. The summed E-state index contributed by atoms with van der Waals surface area (Å²) in [7, 11) is 0. The Kier molecular flexibility index (Phi) is 4.66. The molecule has 94 valence electrons. The number of benzene rings is 2. The average Bonchev–Trinajstić information content (AvgIpc) is 2.42. The lowest BCUT2D eigenvalue weighted by molar-refractivity contribution is 0.706. The van der Waals surface area contributed by atoms with Gasteiger partial charge in [-0.3, -0.25) is 0 Å². The zero-order valence-corrected chi connectivity index (χ0v) is 11.3. The summed E-state index contributed by atoms with van der Waals surface area (Å²) in [5.74, 6) is 0.575. The van der Waals surface area contributed by atoms with Crippen LogP contribution in [0, 0.1) is 0 Å². The molecule has 0 bridgehead atoms. The zero-order chi connectivity index (χ0) is 12.8. The van der Waals surface area contributed by atoms with Crippen molar-refractivity contribution < 1.29 is 0 Å². The Hall–Kier alpha value is -1.47. The third kappa shape index (κ3) is 3.78. The third-order valence-corrected chi connectivity index (χ3v) is 3.37. The highest BCUT2D eigenvalue weighted by molar-refractivity contribution is 6.30. The van der Waals surface area contributed by atoms with Crippen molar-refractivity contribution in [3.05, 3.63) is 65.2 Å². The van der Waals surface area contributed by atoms with Crippen LogP contribution in [-0.2, 0) is 0 Å². The fraction of sp³-hybridized carbons (Fsp3) is 0.250. The second-order valence-corrected chi connectivity index (χ2v) is 4.97. The molecule has 1 unspecified atom stereocenters. The highest BCUT2D eigenvalue weighted by Gasteiger charge is 2.03. The molecule has 0 saturated carbocycles. The van der Waals surface area contributed by atoms with Gasteiger partial charge in [0.15, 0.2) is 0 Å². The van der Waals surface area contributed by atoms with Crippen molar-refractivity contribution in [1.29, 1.82) is 0 Å². The summed E-state index contributed by atoms with van der Waals surface area (Å²) in [6.45, 7) is 3.23. The van der Waals surface area contributed by atoms with Gasteiger partial charge >= 0.3 is 0 Å². The molecule has 0 radical (unpaired) electrons. The number of hydrogen-bond acceptors (Lipinski definition) is 1. The largest absolute Gasteiger partial charge is 0.385 e. The van der Waals surface area contributed by atoms with Crippen molar-refractivity contribution in [2.45, 2.75) is 19.3 Å². The Morgan fingerprint density at radius 2 is 1.67 bits per heavy atom. The number of anilines is 1. The lowest BCUT2D eigenvalue weighted by atomic mass is 9.98. The minimum absolute atomic E-state index is 0.575. The van der Waals surface area contributed by atoms with Crippen molar-refractivity contribution in [1.82, 2.24) is 0 Å². The zero-order valence-electron chi connectivity index (χ0n) is 10.6. The molecule has 2 aromatic rings. The van der Waals surface area contributed by atoms with E-state index in [1.54, 1.807) is 0 Å². The van der Waals surface area contributed by atoms with Crippen LogP contribution >= 0.6 is 11.6 Å². The van der Waals surface area contributed by atoms with Crippen LogP contribution in [0.1, 0.15) is 24.8 Å². The summed E-state index contributed by atoms with van der Waals surface area (Å²) in [5.41, 5.74) is 2.52. The average molecular weight is 260 g/mol. The van der Waals surface area contributed by atoms with E-state index in [4.69, 9.17) is 11.6 Å². The van der Waals surface area contributed by atoms with Gasteiger partial charge in [-0.2, -0.15) is 0 Å². The molecular weight excluding hydrogens is 242 g/mol. The first-order valence-corrected chi connectivity index (χ1v) is 6.68. The van der Waals surface area contributed by atoms with Gasteiger partial charge in [0.1, 0.15) is 0 Å². The molecule has 0 aromatic heterocycles. The van der Waals surface area contributed by atoms with E-state index in [-0.39, 0.29) is 0 Å². The van der Waals surface area contributed by atoms with E-state index in [2.05, 4.69) is 42.6 Å². The Morgan fingerprint density at radius 1 is 1.00 bits per heavy atom. The topological polar surface area (TPSA) is 12.0 Å². The van der Waals surface area contributed by atoms with Gasteiger partial charge < -0.3 is 5.32 Å². The second-order valence-electron chi connectivity index (χ2n) is 4.53. The minimum Gasteiger partial charge on any atom is -0.385 e. The van der Waals surface area contributed by atoms with E-state index in [1.807, 2.05) is 24.3 Å². The van der Waals surface area contributed by atoms with Gasteiger partial charge in [0.05, 0.1) is 0 Å². The van der Waals surface area contributed by atoms with Crippen molar-refractivity contribution in [2.24, 2.45) is 0 Å². The lowest BCUT2D eigenvalue weighted by Gasteiger charge is -2.13. The van der Waals surface area contributed by atoms with Gasteiger partial charge in [-0.05, 0) is 42.2 Å². The predicted octanol–water partition coefficient (Wildman–Crippen LogP) is 4.95. The molecule has 2 aromatic carbocycles. The Balaban J connectivity index is 1.80. The molecule has 2 heteroatoms. The van der Waals surface area contributed by atoms with E-state index in [0.29, 0.717) is 5.92 Å². The van der Waals surface area contributed by atoms with Gasteiger partial charge in [0.2, 0.25) is 0 Å². The van der Waals surface area contributed by atoms with Crippen LogP contribution in [-0.4, -0.2) is 6.54 Å². The maximum absolute atomic E-state index is 5.85. The van der Waals surface area contributed by atoms with Crippen LogP contribution in [0.2, 0.25) is 5.02 Å². The fourth-order valence-electron chi connectivity index (χ4n) is 1.95. The summed E-state index contributed by atoms with van der Waals surface area (Å²) in [6, 6.07) is 18.5. The van der Waals surface area contributed by atoms with E-state index in [1.165, 1.54) is 5.56 Å². The Labute approximate surface area is 114 Å². The highest BCUT2D eigenvalue weighted by atomic mass is 35.5. The molecular formula is C16H18ClN. The van der Waals surface area contributed by atoms with E-state index < -0.39 is 0 Å². The summed E-state index contributed by atoms with van der Waals surface area (Å²) in [4.78, 5) is 0. The van der Waals surface area contributed by atoms with Crippen molar-refractivity contribution >= 4 is 17.3 Å². The second kappa shape index (κ2) is 6.46. The molecule has 0 aliphatic carbocycles. The van der Waals surface area contributed by atoms with Crippen molar-refractivity contribution in [3.63, 3.8) is 0 Å². The standard InChI is InChI=1S/C16H18ClN/c1-13(14-5-3-2-4-6-14)11-12-18-16-9-7-15(17)8-10-16/h2-10,13,18H,11-12H2,1H3. The monoisotopic (exact) mass is 259 g/mol. The minimum atomic E-state index is 0.575. The molecule has 0 saturated heterocycles. The molecule has 0 heterocycles. The molecule has 1 atom stereocenters. The van der Waals surface area contributed by atoms with Crippen LogP contribution in [0.4, 0.5) is 5.69 Å². The molecule has 2 rings (SSSR count). The molecule has 0 amide bonds. The SMILES string of the molecule is CC(CCNc1ccc(Cl)cc1)c1ccccc1. The normalized spacial score (nSPS) is 12.1. The molecule has 1 nitrogen and oxygen atoms in total. The Bertz CT molecular complexity index is 464. The molecule has 0 aliphatic rings. The quantitative estimate of drug-likeness (QED) is 0.801. The lowest BCUT2D eigenvalue weighted by Crippen LogP contribution is -2.05. The van der Waals surface area contributed by atoms with Crippen LogP contribution in [0.5, 0.6) is 0 Å². The first kappa shape index (κ1) is 13.0. The molecule has 18 heavy (non-hydrogen) atoms. The van der Waals surface area contributed by atoms with Crippen LogP contribution in [0.25, 0.3) is 0 Å². The first-order valence-electron chi connectivity index (χ1n) is 6.30. The van der Waals surface area contributed by atoms with Gasteiger partial charge in [-0.25, -0.2) is 0 Å². The Morgan fingerprint density at radius 3 is 2.33 bits per heavy atom. The van der Waals surface area contributed by atoms with Crippen molar-refractivity contribution in [3.8, 4) is 0 Å². The molecule has 0 spiro atoms. The first-order chi connectivity index (χ1) is 8.75. The molecule has 0 fully saturated rings. The van der Waals surface area contributed by atoms with E-state index in [0.717, 1.165) is 23.7 Å². The fourth-order valence-corrected chi connectivity index (χ4v) is 2.07. The predicted molar refractivity (Wildman–Crippen MR) is 79.4 cm³/mol. The van der Waals surface area contributed by atoms with Crippen LogP contribution < -0.4 is 5.32 Å². The van der Waals surface area contributed by atoms with Gasteiger partial charge in [0.25, 0.3) is 0 Å². The van der Waals surface area contributed by atoms with Gasteiger partial charge in [0, 0.05) is 17.3 Å². The number of rotatable bonds is 5. The molecule has 1 N–H and O–H groups in total. The summed E-state index contributed by atoms with van der Waals surface area (Å²) in [5, 5.41) is 4.19. The third-order valence-electron chi connectivity index (χ3n) is 3.12. The van der Waals surface area contributed by atoms with Crippen LogP contribution in [0.15, 0.2) is 54.6 Å². The number of nitrogens with one attached hydrogen (secondary N) is 1. The highest BCUT2D eigenvalue weighted by Crippen LogP contribution is 2.19. The summed E-state index contributed by atoms with van der Waals surface area (Å²) < 4.78 is 0. The van der Waals surface area contributed by atoms with E-state index in [9.17, 15) is 0 Å². The smallest absolute Gasteiger partial charge is 0.0407 e.